The van der Waals surface area contributed by atoms with E-state index in [4.69, 9.17) is 5.11 Å². The fourth-order valence-electron chi connectivity index (χ4n) is 0. The fraction of sp³-hybridized carbons (Fsp3) is 0.500. The van der Waals surface area contributed by atoms with Crippen LogP contribution in [0, 0.1) is 6.92 Å². The maximum absolute atomic E-state index is 9.32. The Hall–Kier alpha value is 0.690. The van der Waals surface area contributed by atoms with Crippen LogP contribution in [0.15, 0.2) is 0 Å². The van der Waals surface area contributed by atoms with Crippen molar-refractivity contribution < 1.29 is 32.3 Å². The van der Waals surface area contributed by atoms with Crippen LogP contribution in [0.2, 0.25) is 0 Å². The molecule has 1 N–H and O–H groups in total. The van der Waals surface area contributed by atoms with E-state index in [0.29, 0.717) is 0 Å². The van der Waals surface area contributed by atoms with Crippen molar-refractivity contribution in [3.05, 3.63) is 6.92 Å². The van der Waals surface area contributed by atoms with Crippen LogP contribution in [-0.4, -0.2) is 16.4 Å². The number of carbonyl (C=O) groups is 1. The zero-order valence-electron chi connectivity index (χ0n) is 4.45. The topological polar surface area (TPSA) is 37.3 Å². The Morgan fingerprint density at radius 2 is 1.88 bits per heavy atom. The van der Waals surface area contributed by atoms with Crippen molar-refractivity contribution in [1.29, 1.82) is 0 Å². The minimum atomic E-state index is -0.829. The van der Waals surface area contributed by atoms with Crippen LogP contribution >= 0.6 is 15.9 Å². The molecule has 0 bridgehead atoms. The van der Waals surface area contributed by atoms with E-state index >= 15 is 0 Å². The molecule has 0 atom stereocenters. The first-order valence-electron chi connectivity index (χ1n) is 1.76. The molecular formula is C4H8AuBrO2. The maximum Gasteiger partial charge on any atom is 1.00 e. The molecule has 0 aromatic carbocycles. The van der Waals surface area contributed by atoms with E-state index in [1.54, 1.807) is 6.92 Å². The molecule has 0 aliphatic heterocycles. The van der Waals surface area contributed by atoms with Crippen molar-refractivity contribution >= 4 is 21.9 Å². The molecule has 0 amide bonds. The Kier molecular flexibility index (Phi) is 31.0. The van der Waals surface area contributed by atoms with Crippen LogP contribution < -0.4 is 0 Å². The SMILES string of the molecule is O=C(O)CBr.[Au+].[CH2-]C. The molecule has 0 aliphatic rings. The minimum absolute atomic E-state index is 0. The second-order valence-electron chi connectivity index (χ2n) is 0.527. The molecular weight excluding hydrogens is 357 g/mol. The van der Waals surface area contributed by atoms with Crippen LogP contribution in [0.1, 0.15) is 6.92 Å². The summed E-state index contributed by atoms with van der Waals surface area (Å²) < 4.78 is 0. The third kappa shape index (κ3) is 29.9. The van der Waals surface area contributed by atoms with Gasteiger partial charge in [0, 0.05) is 0 Å². The maximum atomic E-state index is 9.32. The molecule has 0 fully saturated rings. The average Bonchev–Trinajstić information content (AvgIpc) is 1.73. The summed E-state index contributed by atoms with van der Waals surface area (Å²) in [6.07, 6.45) is 0. The van der Waals surface area contributed by atoms with Gasteiger partial charge in [0.15, 0.2) is 0 Å². The summed E-state index contributed by atoms with van der Waals surface area (Å²) in [7, 11) is 0. The van der Waals surface area contributed by atoms with E-state index in [2.05, 4.69) is 22.9 Å². The van der Waals surface area contributed by atoms with Gasteiger partial charge in [-0.25, -0.2) is 0 Å². The van der Waals surface area contributed by atoms with Crippen molar-refractivity contribution in [2.24, 2.45) is 0 Å². The Morgan fingerprint density at radius 1 is 1.75 bits per heavy atom. The first-order chi connectivity index (χ1) is 3.27. The van der Waals surface area contributed by atoms with Crippen LogP contribution in [0.3, 0.4) is 0 Å². The van der Waals surface area contributed by atoms with Crippen LogP contribution in [0.25, 0.3) is 0 Å². The molecule has 4 heteroatoms. The van der Waals surface area contributed by atoms with Crippen molar-refractivity contribution in [3.8, 4) is 0 Å². The number of rotatable bonds is 1. The molecule has 0 rings (SSSR count). The standard InChI is InChI=1S/C2H3BrO2.C2H5.Au/c3-1-2(4)5;1-2;/h1H2,(H,4,5);1H2,2H3;/q;-1;+1. The summed E-state index contributed by atoms with van der Waals surface area (Å²) in [6, 6.07) is 0. The van der Waals surface area contributed by atoms with Crippen molar-refractivity contribution in [2.45, 2.75) is 6.92 Å². The molecule has 0 heterocycles. The molecule has 0 radical (unpaired) electrons. The summed E-state index contributed by atoms with van der Waals surface area (Å²) in [6.45, 7) is 5.00. The second kappa shape index (κ2) is 15.6. The largest absolute Gasteiger partial charge is 1.00 e. The number of alkyl halides is 1. The number of halogens is 1. The molecule has 0 aromatic heterocycles. The predicted molar refractivity (Wildman–Crippen MR) is 32.5 cm³/mol. The van der Waals surface area contributed by atoms with E-state index in [9.17, 15) is 4.79 Å². The minimum Gasteiger partial charge on any atom is -0.481 e. The van der Waals surface area contributed by atoms with Gasteiger partial charge in [0.2, 0.25) is 0 Å². The number of carboxylic acid groups (broad SMARTS) is 1. The smallest absolute Gasteiger partial charge is 0.481 e. The molecule has 0 saturated heterocycles. The average molecular weight is 365 g/mol. The van der Waals surface area contributed by atoms with Gasteiger partial charge in [0.1, 0.15) is 5.33 Å². The molecule has 2 nitrogen and oxygen atoms in total. The van der Waals surface area contributed by atoms with Gasteiger partial charge in [-0.15, -0.1) is 0 Å². The monoisotopic (exact) mass is 364 g/mol. The van der Waals surface area contributed by atoms with Gasteiger partial charge in [0.25, 0.3) is 0 Å². The van der Waals surface area contributed by atoms with Gasteiger partial charge < -0.3 is 12.0 Å². The second-order valence-corrected chi connectivity index (χ2v) is 1.09. The Bertz CT molecular complexity index is 49.3. The molecule has 0 spiro atoms. The van der Waals surface area contributed by atoms with Crippen molar-refractivity contribution in [2.75, 3.05) is 5.33 Å². The molecule has 0 aromatic rings. The number of hydrogen-bond acceptors (Lipinski definition) is 1. The molecule has 8 heavy (non-hydrogen) atoms. The molecule has 54 valence electrons. The van der Waals surface area contributed by atoms with Crippen LogP contribution in [-0.2, 0) is 27.2 Å². The third-order valence-electron chi connectivity index (χ3n) is 0.114. The molecule has 0 saturated carbocycles. The van der Waals surface area contributed by atoms with E-state index in [1.807, 2.05) is 0 Å². The van der Waals surface area contributed by atoms with E-state index < -0.39 is 5.97 Å². The van der Waals surface area contributed by atoms with Crippen LogP contribution in [0.4, 0.5) is 0 Å². The number of carboxylic acids is 1. The van der Waals surface area contributed by atoms with Crippen molar-refractivity contribution in [3.63, 3.8) is 0 Å². The van der Waals surface area contributed by atoms with Gasteiger partial charge in [-0.2, -0.15) is 6.92 Å². The first kappa shape index (κ1) is 15.9. The van der Waals surface area contributed by atoms with Gasteiger partial charge in [0.05, 0.1) is 0 Å². The van der Waals surface area contributed by atoms with E-state index in [0.717, 1.165) is 0 Å². The first-order valence-corrected chi connectivity index (χ1v) is 2.88. The Labute approximate surface area is 73.3 Å². The third-order valence-corrected chi connectivity index (χ3v) is 0.594. The number of aliphatic carboxylic acids is 1. The number of hydrogen-bond donors (Lipinski definition) is 1. The predicted octanol–water partition coefficient (Wildman–Crippen LogP) is 1.30. The summed E-state index contributed by atoms with van der Waals surface area (Å²) >= 11 is 2.71. The Balaban J connectivity index is -0.0000000750. The zero-order chi connectivity index (χ0) is 6.28. The van der Waals surface area contributed by atoms with Gasteiger partial charge in [-0.1, -0.05) is 15.9 Å². The summed E-state index contributed by atoms with van der Waals surface area (Å²) in [4.78, 5) is 9.32. The van der Waals surface area contributed by atoms with Crippen molar-refractivity contribution in [1.82, 2.24) is 0 Å². The zero-order valence-corrected chi connectivity index (χ0v) is 8.20. The van der Waals surface area contributed by atoms with Crippen LogP contribution in [0.5, 0.6) is 0 Å². The fourth-order valence-corrected chi connectivity index (χ4v) is 0. The van der Waals surface area contributed by atoms with Gasteiger partial charge >= 0.3 is 28.3 Å². The quantitative estimate of drug-likeness (QED) is 0.432. The van der Waals surface area contributed by atoms with Gasteiger partial charge in [-0.05, 0) is 0 Å². The molecule has 0 unspecified atom stereocenters. The van der Waals surface area contributed by atoms with E-state index in [-0.39, 0.29) is 27.7 Å². The normalized spacial score (nSPS) is 5.38. The summed E-state index contributed by atoms with van der Waals surface area (Å²) in [5, 5.41) is 7.71. The molecule has 0 aliphatic carbocycles. The summed E-state index contributed by atoms with van der Waals surface area (Å²) in [5.41, 5.74) is 0. The van der Waals surface area contributed by atoms with Gasteiger partial charge in [-0.3, -0.25) is 4.79 Å². The van der Waals surface area contributed by atoms with E-state index in [1.165, 1.54) is 0 Å². The summed E-state index contributed by atoms with van der Waals surface area (Å²) in [5.74, 6) is -0.829. The Morgan fingerprint density at radius 3 is 1.88 bits per heavy atom.